The molecule has 15 heavy (non-hydrogen) atoms. The number of rotatable bonds is 4. The van der Waals surface area contributed by atoms with E-state index < -0.39 is 5.60 Å². The van der Waals surface area contributed by atoms with Gasteiger partial charge < -0.3 is 9.84 Å². The summed E-state index contributed by atoms with van der Waals surface area (Å²) in [5.74, 6) is 0.0491. The Hall–Kier alpha value is -0.610. The van der Waals surface area contributed by atoms with Gasteiger partial charge in [0.2, 0.25) is 0 Å². The van der Waals surface area contributed by atoms with Crippen molar-refractivity contribution >= 4 is 15.9 Å². The van der Waals surface area contributed by atoms with E-state index in [1.54, 1.807) is 13.0 Å². The van der Waals surface area contributed by atoms with Crippen LogP contribution in [0, 0.1) is 5.82 Å². The summed E-state index contributed by atoms with van der Waals surface area (Å²) in [6.07, 6.45) is 0.583. The lowest BCUT2D eigenvalue weighted by Gasteiger charge is -2.21. The molecule has 0 fully saturated rings. The van der Waals surface area contributed by atoms with Crippen LogP contribution in [-0.4, -0.2) is 17.3 Å². The maximum absolute atomic E-state index is 12.9. The van der Waals surface area contributed by atoms with Crippen molar-refractivity contribution in [2.24, 2.45) is 0 Å². The van der Waals surface area contributed by atoms with Crippen molar-refractivity contribution in [3.8, 4) is 5.75 Å². The first-order chi connectivity index (χ1) is 6.94. The Balaban J connectivity index is 2.69. The third-order valence-corrected chi connectivity index (χ3v) is 2.85. The number of ether oxygens (including phenoxy) is 1. The van der Waals surface area contributed by atoms with Gasteiger partial charge in [-0.3, -0.25) is 0 Å². The summed E-state index contributed by atoms with van der Waals surface area (Å²) in [4.78, 5) is 0. The molecule has 0 spiro atoms. The smallest absolute Gasteiger partial charge is 0.136 e. The van der Waals surface area contributed by atoms with E-state index in [1.165, 1.54) is 12.1 Å². The largest absolute Gasteiger partial charge is 0.489 e. The second-order valence-electron chi connectivity index (χ2n) is 3.71. The Bertz CT molecular complexity index is 339. The molecule has 1 unspecified atom stereocenters. The van der Waals surface area contributed by atoms with Crippen LogP contribution >= 0.6 is 15.9 Å². The van der Waals surface area contributed by atoms with Crippen LogP contribution in [0.1, 0.15) is 20.3 Å². The number of aliphatic hydroxyl groups is 1. The summed E-state index contributed by atoms with van der Waals surface area (Å²) in [6.45, 7) is 3.69. The fourth-order valence-electron chi connectivity index (χ4n) is 0.923. The van der Waals surface area contributed by atoms with Crippen LogP contribution in [-0.2, 0) is 0 Å². The van der Waals surface area contributed by atoms with Gasteiger partial charge in [0.1, 0.15) is 18.2 Å². The predicted molar refractivity (Wildman–Crippen MR) is 60.5 cm³/mol. The van der Waals surface area contributed by atoms with Crippen molar-refractivity contribution in [2.75, 3.05) is 6.61 Å². The van der Waals surface area contributed by atoms with Gasteiger partial charge in [0.25, 0.3) is 0 Å². The van der Waals surface area contributed by atoms with E-state index in [-0.39, 0.29) is 12.4 Å². The maximum atomic E-state index is 12.9. The average Bonchev–Trinajstić information content (AvgIpc) is 2.20. The molecule has 2 nitrogen and oxygen atoms in total. The van der Waals surface area contributed by atoms with E-state index in [2.05, 4.69) is 15.9 Å². The van der Waals surface area contributed by atoms with Crippen molar-refractivity contribution in [3.05, 3.63) is 28.5 Å². The number of benzene rings is 1. The quantitative estimate of drug-likeness (QED) is 0.916. The highest BCUT2D eigenvalue weighted by atomic mass is 79.9. The Morgan fingerprint density at radius 2 is 2.20 bits per heavy atom. The lowest BCUT2D eigenvalue weighted by atomic mass is 10.1. The summed E-state index contributed by atoms with van der Waals surface area (Å²) in [5, 5.41) is 9.71. The summed E-state index contributed by atoms with van der Waals surface area (Å²) >= 11 is 3.25. The van der Waals surface area contributed by atoms with Gasteiger partial charge >= 0.3 is 0 Å². The molecule has 1 rings (SSSR count). The Labute approximate surface area is 97.2 Å². The predicted octanol–water partition coefficient (Wildman–Crippen LogP) is 3.13. The summed E-state index contributed by atoms with van der Waals surface area (Å²) in [7, 11) is 0. The third kappa shape index (κ3) is 3.80. The van der Waals surface area contributed by atoms with Gasteiger partial charge in [0.15, 0.2) is 0 Å². The highest BCUT2D eigenvalue weighted by Crippen LogP contribution is 2.26. The zero-order valence-electron chi connectivity index (χ0n) is 8.76. The molecule has 0 aliphatic carbocycles. The number of hydrogen-bond acceptors (Lipinski definition) is 2. The molecule has 0 radical (unpaired) electrons. The van der Waals surface area contributed by atoms with E-state index in [0.29, 0.717) is 16.6 Å². The van der Waals surface area contributed by atoms with E-state index >= 15 is 0 Å². The normalized spacial score (nSPS) is 14.7. The minimum absolute atomic E-state index is 0.144. The zero-order valence-corrected chi connectivity index (χ0v) is 10.3. The van der Waals surface area contributed by atoms with E-state index in [1.807, 2.05) is 6.92 Å². The first-order valence-corrected chi connectivity index (χ1v) is 5.54. The molecule has 0 saturated heterocycles. The van der Waals surface area contributed by atoms with E-state index in [4.69, 9.17) is 4.74 Å². The molecule has 0 aliphatic heterocycles. The lowest BCUT2D eigenvalue weighted by molar-refractivity contribution is 0.00814. The molecule has 84 valence electrons. The van der Waals surface area contributed by atoms with Crippen molar-refractivity contribution < 1.29 is 14.2 Å². The van der Waals surface area contributed by atoms with Crippen LogP contribution in [0.2, 0.25) is 0 Å². The molecule has 1 aromatic carbocycles. The summed E-state index contributed by atoms with van der Waals surface area (Å²) < 4.78 is 18.9. The molecular formula is C11H14BrFO2. The second kappa shape index (κ2) is 4.94. The van der Waals surface area contributed by atoms with Crippen LogP contribution < -0.4 is 4.74 Å². The molecule has 1 N–H and O–H groups in total. The van der Waals surface area contributed by atoms with Gasteiger partial charge in [-0.2, -0.15) is 0 Å². The van der Waals surface area contributed by atoms with Gasteiger partial charge in [0.05, 0.1) is 10.1 Å². The first kappa shape index (κ1) is 12.5. The minimum atomic E-state index is -0.883. The van der Waals surface area contributed by atoms with Crippen molar-refractivity contribution in [2.45, 2.75) is 25.9 Å². The van der Waals surface area contributed by atoms with Gasteiger partial charge in [-0.05, 0) is 41.4 Å². The molecule has 0 aliphatic rings. The average molecular weight is 277 g/mol. The Kier molecular flexibility index (Phi) is 4.11. The molecule has 0 saturated carbocycles. The van der Waals surface area contributed by atoms with Crippen LogP contribution in [0.3, 0.4) is 0 Å². The van der Waals surface area contributed by atoms with Crippen LogP contribution in [0.15, 0.2) is 22.7 Å². The number of hydrogen-bond donors (Lipinski definition) is 1. The topological polar surface area (TPSA) is 29.5 Å². The summed E-state index contributed by atoms with van der Waals surface area (Å²) in [5.41, 5.74) is -0.883. The number of halogens is 2. The Morgan fingerprint density at radius 1 is 1.53 bits per heavy atom. The van der Waals surface area contributed by atoms with Gasteiger partial charge in [-0.25, -0.2) is 4.39 Å². The van der Waals surface area contributed by atoms with Gasteiger partial charge in [-0.1, -0.05) is 6.92 Å². The SMILES string of the molecule is CCC(C)(O)COc1cc(F)ccc1Br. The molecule has 0 heterocycles. The fraction of sp³-hybridized carbons (Fsp3) is 0.455. The van der Waals surface area contributed by atoms with E-state index in [0.717, 1.165) is 0 Å². The Morgan fingerprint density at radius 3 is 2.80 bits per heavy atom. The van der Waals surface area contributed by atoms with Crippen LogP contribution in [0.4, 0.5) is 4.39 Å². The molecule has 1 atom stereocenters. The van der Waals surface area contributed by atoms with Crippen molar-refractivity contribution in [1.29, 1.82) is 0 Å². The monoisotopic (exact) mass is 276 g/mol. The van der Waals surface area contributed by atoms with Gasteiger partial charge in [0, 0.05) is 6.07 Å². The summed E-state index contributed by atoms with van der Waals surface area (Å²) in [6, 6.07) is 4.20. The molecular weight excluding hydrogens is 263 g/mol. The molecule has 0 aromatic heterocycles. The van der Waals surface area contributed by atoms with Crippen molar-refractivity contribution in [3.63, 3.8) is 0 Å². The van der Waals surface area contributed by atoms with Crippen molar-refractivity contribution in [1.82, 2.24) is 0 Å². The fourth-order valence-corrected chi connectivity index (χ4v) is 1.28. The highest BCUT2D eigenvalue weighted by Gasteiger charge is 2.19. The van der Waals surface area contributed by atoms with Crippen LogP contribution in [0.5, 0.6) is 5.75 Å². The van der Waals surface area contributed by atoms with Crippen LogP contribution in [0.25, 0.3) is 0 Å². The van der Waals surface area contributed by atoms with E-state index in [9.17, 15) is 9.50 Å². The highest BCUT2D eigenvalue weighted by molar-refractivity contribution is 9.10. The second-order valence-corrected chi connectivity index (χ2v) is 4.57. The molecule has 1 aromatic rings. The molecule has 0 bridgehead atoms. The first-order valence-electron chi connectivity index (χ1n) is 4.75. The molecule has 0 amide bonds. The minimum Gasteiger partial charge on any atom is -0.489 e. The maximum Gasteiger partial charge on any atom is 0.136 e. The van der Waals surface area contributed by atoms with Gasteiger partial charge in [-0.15, -0.1) is 0 Å². The lowest BCUT2D eigenvalue weighted by Crippen LogP contribution is -2.31. The molecule has 4 heteroatoms. The standard InChI is InChI=1S/C11H14BrFO2/c1-3-11(2,14)7-15-10-6-8(13)4-5-9(10)12/h4-6,14H,3,7H2,1-2H3. The zero-order chi connectivity index (χ0) is 11.5. The third-order valence-electron chi connectivity index (χ3n) is 2.19.